The normalized spacial score (nSPS) is 17.4. The molecule has 2 aliphatic rings. The van der Waals surface area contributed by atoms with Gasteiger partial charge in [0.15, 0.2) is 5.17 Å². The van der Waals surface area contributed by atoms with Crippen LogP contribution in [0.25, 0.3) is 0 Å². The molecule has 5 nitrogen and oxygen atoms in total. The minimum Gasteiger partial charge on any atom is -0.334 e. The summed E-state index contributed by atoms with van der Waals surface area (Å²) in [6, 6.07) is 6.39. The van der Waals surface area contributed by atoms with Gasteiger partial charge in [-0.1, -0.05) is 55.3 Å². The van der Waals surface area contributed by atoms with Crippen molar-refractivity contribution in [3.05, 3.63) is 52.4 Å². The molecule has 1 fully saturated rings. The molecule has 0 unspecified atom stereocenters. The number of benzene rings is 1. The van der Waals surface area contributed by atoms with Gasteiger partial charge in [0.2, 0.25) is 5.91 Å². The molecule has 2 N–H and O–H groups in total. The highest BCUT2D eigenvalue weighted by Crippen LogP contribution is 2.35. The molecular weight excluding hydrogens is 380 g/mol. The van der Waals surface area contributed by atoms with Crippen molar-refractivity contribution in [1.29, 1.82) is 5.26 Å². The largest absolute Gasteiger partial charge is 0.334 e. The van der Waals surface area contributed by atoms with E-state index in [1.807, 2.05) is 20.8 Å². The summed E-state index contributed by atoms with van der Waals surface area (Å²) >= 11 is 1.35. The van der Waals surface area contributed by atoms with Crippen molar-refractivity contribution >= 4 is 28.5 Å². The number of aliphatic imine (C=N–C) groups is 1. The molecule has 0 aromatic heterocycles. The predicted octanol–water partition coefficient (Wildman–Crippen LogP) is 5.11. The second-order valence-corrected chi connectivity index (χ2v) is 8.80. The van der Waals surface area contributed by atoms with E-state index in [9.17, 15) is 10.1 Å². The predicted molar refractivity (Wildman–Crippen MR) is 121 cm³/mol. The van der Waals surface area contributed by atoms with E-state index >= 15 is 0 Å². The number of allylic oxidation sites excluding steroid dienone is 2. The molecule has 0 atom stereocenters. The Kier molecular flexibility index (Phi) is 6.81. The summed E-state index contributed by atoms with van der Waals surface area (Å²) in [6.07, 6.45) is 5.70. The van der Waals surface area contributed by atoms with Crippen LogP contribution in [0.2, 0.25) is 0 Å². The molecule has 1 aliphatic carbocycles. The van der Waals surface area contributed by atoms with Crippen LogP contribution in [0.3, 0.4) is 0 Å². The van der Waals surface area contributed by atoms with Gasteiger partial charge in [0.25, 0.3) is 0 Å². The second kappa shape index (κ2) is 9.32. The Morgan fingerprint density at radius 1 is 1.28 bits per heavy atom. The minimum absolute atomic E-state index is 0.0746. The molecule has 3 rings (SSSR count). The summed E-state index contributed by atoms with van der Waals surface area (Å²) < 4.78 is 0. The van der Waals surface area contributed by atoms with Crippen molar-refractivity contribution in [2.75, 3.05) is 11.1 Å². The Morgan fingerprint density at radius 2 is 1.93 bits per heavy atom. The van der Waals surface area contributed by atoms with Gasteiger partial charge >= 0.3 is 0 Å². The van der Waals surface area contributed by atoms with Crippen molar-refractivity contribution < 1.29 is 4.79 Å². The number of nitrogens with one attached hydrogen (secondary N) is 2. The highest BCUT2D eigenvalue weighted by atomic mass is 32.2. The standard InChI is InChI=1S/C23H28N4OS/c1-14-10-15(2)21(16(3)11-14)26-20(28)13-29-23-25-17(4)19(12-24)22(27-23)18-8-6-5-7-9-18/h10-11,18H,4-9,13H2,1-3H3,(H,25,27)(H,26,28). The highest BCUT2D eigenvalue weighted by molar-refractivity contribution is 8.14. The number of nitrogens with zero attached hydrogens (tertiary/aromatic N) is 2. The quantitative estimate of drug-likeness (QED) is 0.725. The van der Waals surface area contributed by atoms with Crippen molar-refractivity contribution in [3.8, 4) is 6.07 Å². The molecule has 0 bridgehead atoms. The van der Waals surface area contributed by atoms with E-state index in [-0.39, 0.29) is 11.7 Å². The van der Waals surface area contributed by atoms with Gasteiger partial charge in [-0.05, 0) is 44.7 Å². The SMILES string of the molecule is C=C1NC(SCC(=O)Nc2c(C)cc(C)cc2C)=NC(C2CCCCC2)=C1C#N. The van der Waals surface area contributed by atoms with Crippen molar-refractivity contribution in [2.24, 2.45) is 10.9 Å². The van der Waals surface area contributed by atoms with Gasteiger partial charge in [0.05, 0.1) is 22.7 Å². The molecule has 0 spiro atoms. The molecule has 1 saturated carbocycles. The maximum absolute atomic E-state index is 12.5. The number of amidine groups is 1. The van der Waals surface area contributed by atoms with E-state index in [1.54, 1.807) is 0 Å². The second-order valence-electron chi connectivity index (χ2n) is 7.84. The van der Waals surface area contributed by atoms with Gasteiger partial charge in [-0.25, -0.2) is 4.99 Å². The van der Waals surface area contributed by atoms with Crippen LogP contribution in [-0.4, -0.2) is 16.8 Å². The van der Waals surface area contributed by atoms with Gasteiger partial charge in [-0.15, -0.1) is 0 Å². The lowest BCUT2D eigenvalue weighted by Gasteiger charge is -2.27. The number of thioether (sulfide) groups is 1. The van der Waals surface area contributed by atoms with Gasteiger partial charge < -0.3 is 10.6 Å². The van der Waals surface area contributed by atoms with Crippen molar-refractivity contribution in [2.45, 2.75) is 52.9 Å². The lowest BCUT2D eigenvalue weighted by molar-refractivity contribution is -0.113. The van der Waals surface area contributed by atoms with E-state index in [2.05, 4.69) is 35.4 Å². The zero-order valence-corrected chi connectivity index (χ0v) is 18.2. The van der Waals surface area contributed by atoms with Crippen LogP contribution in [0.5, 0.6) is 0 Å². The van der Waals surface area contributed by atoms with Gasteiger partial charge in [-0.2, -0.15) is 5.26 Å². The molecule has 0 saturated heterocycles. The molecule has 1 aliphatic heterocycles. The average Bonchev–Trinajstić information content (AvgIpc) is 2.69. The summed E-state index contributed by atoms with van der Waals surface area (Å²) in [6.45, 7) is 10.1. The lowest BCUT2D eigenvalue weighted by Crippen LogP contribution is -2.28. The van der Waals surface area contributed by atoms with E-state index < -0.39 is 0 Å². The van der Waals surface area contributed by atoms with Crippen LogP contribution in [0.4, 0.5) is 5.69 Å². The highest BCUT2D eigenvalue weighted by Gasteiger charge is 2.26. The Morgan fingerprint density at radius 3 is 2.55 bits per heavy atom. The number of carbonyl (C=O) groups excluding carboxylic acids is 1. The zero-order valence-electron chi connectivity index (χ0n) is 17.4. The fourth-order valence-corrected chi connectivity index (χ4v) is 4.79. The van der Waals surface area contributed by atoms with Crippen molar-refractivity contribution in [3.63, 3.8) is 0 Å². The minimum atomic E-state index is -0.0746. The molecule has 0 radical (unpaired) electrons. The third-order valence-corrected chi connectivity index (χ3v) is 6.30. The Labute approximate surface area is 177 Å². The molecule has 1 aromatic rings. The Balaban J connectivity index is 1.69. The van der Waals surface area contributed by atoms with E-state index in [4.69, 9.17) is 4.99 Å². The first-order valence-corrected chi connectivity index (χ1v) is 11.1. The molecule has 1 amide bonds. The number of amides is 1. The molecule has 1 aromatic carbocycles. The summed E-state index contributed by atoms with van der Waals surface area (Å²) in [7, 11) is 0. The molecular formula is C23H28N4OS. The van der Waals surface area contributed by atoms with Crippen LogP contribution in [0.1, 0.15) is 48.8 Å². The van der Waals surface area contributed by atoms with E-state index in [0.717, 1.165) is 35.4 Å². The maximum Gasteiger partial charge on any atom is 0.234 e. The van der Waals surface area contributed by atoms with Gasteiger partial charge in [0.1, 0.15) is 6.07 Å². The summed E-state index contributed by atoms with van der Waals surface area (Å²) in [4.78, 5) is 17.2. The third-order valence-electron chi connectivity index (χ3n) is 5.42. The monoisotopic (exact) mass is 408 g/mol. The molecule has 152 valence electrons. The fourth-order valence-electron chi connectivity index (χ4n) is 4.09. The van der Waals surface area contributed by atoms with Gasteiger partial charge in [-0.3, -0.25) is 4.79 Å². The van der Waals surface area contributed by atoms with Crippen molar-refractivity contribution in [1.82, 2.24) is 5.32 Å². The molecule has 1 heterocycles. The smallest absolute Gasteiger partial charge is 0.234 e. The molecule has 29 heavy (non-hydrogen) atoms. The van der Waals surface area contributed by atoms with Crippen LogP contribution in [-0.2, 0) is 4.79 Å². The number of hydrogen-bond acceptors (Lipinski definition) is 5. The summed E-state index contributed by atoms with van der Waals surface area (Å²) in [5.74, 6) is 0.472. The maximum atomic E-state index is 12.5. The summed E-state index contributed by atoms with van der Waals surface area (Å²) in [5, 5.41) is 16.3. The first-order chi connectivity index (χ1) is 13.9. The fraction of sp³-hybridized carbons (Fsp3) is 0.435. The number of nitriles is 1. The zero-order chi connectivity index (χ0) is 21.0. The van der Waals surface area contributed by atoms with Crippen LogP contribution >= 0.6 is 11.8 Å². The number of carbonyl (C=O) groups is 1. The number of anilines is 1. The summed E-state index contributed by atoms with van der Waals surface area (Å²) in [5.41, 5.74) is 6.14. The number of hydrogen-bond donors (Lipinski definition) is 2. The van der Waals surface area contributed by atoms with E-state index in [1.165, 1.54) is 36.6 Å². The first-order valence-electron chi connectivity index (χ1n) is 10.1. The lowest BCUT2D eigenvalue weighted by atomic mass is 9.85. The first kappa shape index (κ1) is 21.2. The Hall–Kier alpha value is -2.52. The van der Waals surface area contributed by atoms with Crippen LogP contribution in [0.15, 0.2) is 40.7 Å². The third kappa shape index (κ3) is 5.10. The Bertz CT molecular complexity index is 910. The van der Waals surface area contributed by atoms with E-state index in [0.29, 0.717) is 22.4 Å². The van der Waals surface area contributed by atoms with Crippen LogP contribution in [0, 0.1) is 38.0 Å². The van der Waals surface area contributed by atoms with Gasteiger partial charge in [0, 0.05) is 11.6 Å². The van der Waals surface area contributed by atoms with Crippen LogP contribution < -0.4 is 10.6 Å². The number of aryl methyl sites for hydroxylation is 3. The number of rotatable bonds is 4. The topological polar surface area (TPSA) is 77.3 Å². The molecule has 6 heteroatoms. The average molecular weight is 409 g/mol.